The van der Waals surface area contributed by atoms with Crippen LogP contribution >= 0.6 is 15.9 Å². The predicted octanol–water partition coefficient (Wildman–Crippen LogP) is 3.93. The molecular formula is C15H9BrO3. The highest BCUT2D eigenvalue weighted by atomic mass is 79.9. The SMILES string of the molecule is O=c1oc2ccc(Br)cc2c(O)c1-c1ccccc1. The van der Waals surface area contributed by atoms with Crippen molar-refractivity contribution in [2.45, 2.75) is 0 Å². The van der Waals surface area contributed by atoms with E-state index in [-0.39, 0.29) is 11.3 Å². The highest BCUT2D eigenvalue weighted by molar-refractivity contribution is 9.10. The second kappa shape index (κ2) is 4.55. The molecule has 0 bridgehead atoms. The molecule has 0 aliphatic rings. The normalized spacial score (nSPS) is 10.8. The van der Waals surface area contributed by atoms with E-state index < -0.39 is 5.63 Å². The van der Waals surface area contributed by atoms with Crippen LogP contribution in [0.4, 0.5) is 0 Å². The van der Waals surface area contributed by atoms with Crippen LogP contribution in [0, 0.1) is 0 Å². The molecule has 0 saturated carbocycles. The van der Waals surface area contributed by atoms with Crippen LogP contribution < -0.4 is 5.63 Å². The van der Waals surface area contributed by atoms with Crippen LogP contribution in [0.2, 0.25) is 0 Å². The number of rotatable bonds is 1. The number of benzene rings is 2. The molecule has 3 aromatic rings. The lowest BCUT2D eigenvalue weighted by Crippen LogP contribution is -2.03. The molecular weight excluding hydrogens is 308 g/mol. The Labute approximate surface area is 117 Å². The monoisotopic (exact) mass is 316 g/mol. The molecule has 1 heterocycles. The van der Waals surface area contributed by atoms with Crippen LogP contribution in [0.15, 0.2) is 62.2 Å². The molecule has 0 spiro atoms. The minimum Gasteiger partial charge on any atom is -0.506 e. The summed E-state index contributed by atoms with van der Waals surface area (Å²) < 4.78 is 6.06. The topological polar surface area (TPSA) is 50.4 Å². The zero-order valence-corrected chi connectivity index (χ0v) is 11.3. The number of fused-ring (bicyclic) bond motifs is 1. The Morgan fingerprint density at radius 1 is 1.05 bits per heavy atom. The van der Waals surface area contributed by atoms with E-state index >= 15 is 0 Å². The average molecular weight is 317 g/mol. The van der Waals surface area contributed by atoms with Gasteiger partial charge in [-0.15, -0.1) is 0 Å². The minimum atomic E-state index is -0.543. The largest absolute Gasteiger partial charge is 0.506 e. The van der Waals surface area contributed by atoms with E-state index in [9.17, 15) is 9.90 Å². The Hall–Kier alpha value is -2.07. The molecule has 3 nitrogen and oxygen atoms in total. The molecule has 19 heavy (non-hydrogen) atoms. The zero-order valence-electron chi connectivity index (χ0n) is 9.76. The highest BCUT2D eigenvalue weighted by Gasteiger charge is 2.15. The number of aromatic hydroxyl groups is 1. The second-order valence-electron chi connectivity index (χ2n) is 4.12. The molecule has 4 heteroatoms. The molecule has 0 amide bonds. The number of hydrogen-bond donors (Lipinski definition) is 1. The van der Waals surface area contributed by atoms with E-state index in [0.29, 0.717) is 16.5 Å². The summed E-state index contributed by atoms with van der Waals surface area (Å²) in [6.45, 7) is 0. The first-order valence-corrected chi connectivity index (χ1v) is 6.47. The van der Waals surface area contributed by atoms with Crippen LogP contribution in [0.1, 0.15) is 0 Å². The molecule has 0 unspecified atom stereocenters. The van der Waals surface area contributed by atoms with E-state index in [0.717, 1.165) is 4.47 Å². The van der Waals surface area contributed by atoms with Crippen molar-refractivity contribution in [2.75, 3.05) is 0 Å². The zero-order chi connectivity index (χ0) is 13.4. The van der Waals surface area contributed by atoms with Gasteiger partial charge in [0.1, 0.15) is 16.9 Å². The third-order valence-electron chi connectivity index (χ3n) is 2.90. The third-order valence-corrected chi connectivity index (χ3v) is 3.40. The van der Waals surface area contributed by atoms with Gasteiger partial charge in [0.25, 0.3) is 0 Å². The molecule has 1 N–H and O–H groups in total. The smallest absolute Gasteiger partial charge is 0.347 e. The van der Waals surface area contributed by atoms with Crippen molar-refractivity contribution in [3.63, 3.8) is 0 Å². The van der Waals surface area contributed by atoms with Gasteiger partial charge in [0.2, 0.25) is 0 Å². The van der Waals surface area contributed by atoms with E-state index in [1.54, 1.807) is 42.5 Å². The van der Waals surface area contributed by atoms with Crippen LogP contribution in [-0.2, 0) is 0 Å². The molecule has 0 aliphatic carbocycles. The van der Waals surface area contributed by atoms with Crippen molar-refractivity contribution in [1.82, 2.24) is 0 Å². The fourth-order valence-electron chi connectivity index (χ4n) is 2.02. The lowest BCUT2D eigenvalue weighted by molar-refractivity contribution is 0.471. The summed E-state index contributed by atoms with van der Waals surface area (Å²) in [5.74, 6) is -0.0567. The predicted molar refractivity (Wildman–Crippen MR) is 77.3 cm³/mol. The molecule has 0 radical (unpaired) electrons. The van der Waals surface area contributed by atoms with Gasteiger partial charge in [-0.05, 0) is 23.8 Å². The van der Waals surface area contributed by atoms with Gasteiger partial charge in [0.15, 0.2) is 0 Å². The summed E-state index contributed by atoms with van der Waals surface area (Å²) >= 11 is 3.33. The Morgan fingerprint density at radius 2 is 1.79 bits per heavy atom. The van der Waals surface area contributed by atoms with Crippen molar-refractivity contribution in [3.8, 4) is 16.9 Å². The Kier molecular flexibility index (Phi) is 2.87. The van der Waals surface area contributed by atoms with Crippen molar-refractivity contribution >= 4 is 26.9 Å². The van der Waals surface area contributed by atoms with Crippen molar-refractivity contribution in [2.24, 2.45) is 0 Å². The van der Waals surface area contributed by atoms with E-state index in [2.05, 4.69) is 15.9 Å². The molecule has 3 rings (SSSR count). The number of halogens is 1. The minimum absolute atomic E-state index is 0.0567. The molecule has 0 aliphatic heterocycles. The van der Waals surface area contributed by atoms with Gasteiger partial charge in [-0.1, -0.05) is 46.3 Å². The summed E-state index contributed by atoms with van der Waals surface area (Å²) in [5.41, 5.74) is 0.644. The van der Waals surface area contributed by atoms with Gasteiger partial charge in [-0.2, -0.15) is 0 Å². The molecule has 0 atom stereocenters. The lowest BCUT2D eigenvalue weighted by atomic mass is 10.0. The van der Waals surface area contributed by atoms with Gasteiger partial charge >= 0.3 is 5.63 Å². The Balaban J connectivity index is 2.40. The fourth-order valence-corrected chi connectivity index (χ4v) is 2.38. The quantitative estimate of drug-likeness (QED) is 0.692. The maximum Gasteiger partial charge on any atom is 0.347 e. The molecule has 1 aromatic heterocycles. The maximum atomic E-state index is 12.0. The molecule has 0 fully saturated rings. The lowest BCUT2D eigenvalue weighted by Gasteiger charge is -2.06. The highest BCUT2D eigenvalue weighted by Crippen LogP contribution is 2.34. The molecule has 94 valence electrons. The average Bonchev–Trinajstić information content (AvgIpc) is 2.41. The van der Waals surface area contributed by atoms with E-state index in [4.69, 9.17) is 4.42 Å². The summed E-state index contributed by atoms with van der Waals surface area (Å²) in [6, 6.07) is 14.1. The maximum absolute atomic E-state index is 12.0. The first-order chi connectivity index (χ1) is 9.16. The van der Waals surface area contributed by atoms with Crippen molar-refractivity contribution in [1.29, 1.82) is 0 Å². The van der Waals surface area contributed by atoms with Crippen LogP contribution in [0.25, 0.3) is 22.1 Å². The Bertz CT molecular complexity index is 807. The summed E-state index contributed by atoms with van der Waals surface area (Å²) in [6.07, 6.45) is 0. The van der Waals surface area contributed by atoms with Gasteiger partial charge in [-0.25, -0.2) is 4.79 Å². The third kappa shape index (κ3) is 2.04. The fraction of sp³-hybridized carbons (Fsp3) is 0. The van der Waals surface area contributed by atoms with Crippen LogP contribution in [0.3, 0.4) is 0 Å². The molecule has 2 aromatic carbocycles. The van der Waals surface area contributed by atoms with Gasteiger partial charge in [0.05, 0.1) is 5.39 Å². The second-order valence-corrected chi connectivity index (χ2v) is 5.04. The first kappa shape index (κ1) is 12.0. The first-order valence-electron chi connectivity index (χ1n) is 5.67. The van der Waals surface area contributed by atoms with Gasteiger partial charge in [-0.3, -0.25) is 0 Å². The van der Waals surface area contributed by atoms with Gasteiger partial charge < -0.3 is 9.52 Å². The Morgan fingerprint density at radius 3 is 2.53 bits per heavy atom. The van der Waals surface area contributed by atoms with E-state index in [1.165, 1.54) is 0 Å². The number of hydrogen-bond acceptors (Lipinski definition) is 3. The van der Waals surface area contributed by atoms with Crippen molar-refractivity contribution < 1.29 is 9.52 Å². The summed E-state index contributed by atoms with van der Waals surface area (Å²) in [7, 11) is 0. The molecule has 0 saturated heterocycles. The van der Waals surface area contributed by atoms with E-state index in [1.807, 2.05) is 6.07 Å². The summed E-state index contributed by atoms with van der Waals surface area (Å²) in [5, 5.41) is 10.8. The summed E-state index contributed by atoms with van der Waals surface area (Å²) in [4.78, 5) is 12.0. The van der Waals surface area contributed by atoms with Crippen LogP contribution in [0.5, 0.6) is 5.75 Å². The standard InChI is InChI=1S/C15H9BrO3/c16-10-6-7-12-11(8-10)14(17)13(15(18)19-12)9-4-2-1-3-5-9/h1-8,17H. The van der Waals surface area contributed by atoms with Crippen molar-refractivity contribution in [3.05, 3.63) is 63.4 Å². The van der Waals surface area contributed by atoms with Crippen LogP contribution in [-0.4, -0.2) is 5.11 Å². The van der Waals surface area contributed by atoms with Gasteiger partial charge in [0, 0.05) is 4.47 Å².